The van der Waals surface area contributed by atoms with E-state index in [1.807, 2.05) is 35.2 Å². The second kappa shape index (κ2) is 5.44. The number of anilines is 2. The number of hydrogen-bond donors (Lipinski definition) is 1. The minimum absolute atomic E-state index is 0.0383. The Kier molecular flexibility index (Phi) is 3.29. The highest BCUT2D eigenvalue weighted by Crippen LogP contribution is 2.31. The first-order chi connectivity index (χ1) is 10.8. The molecule has 0 saturated heterocycles. The van der Waals surface area contributed by atoms with Crippen LogP contribution in [0.4, 0.5) is 11.5 Å². The molecule has 22 heavy (non-hydrogen) atoms. The Hall–Kier alpha value is -2.36. The number of nitrogens with zero attached hydrogens (tertiary/aromatic N) is 2. The molecule has 1 aliphatic carbocycles. The summed E-state index contributed by atoms with van der Waals surface area (Å²) in [5.74, 6) is 1.50. The van der Waals surface area contributed by atoms with E-state index in [9.17, 15) is 4.79 Å². The first-order valence-corrected chi connectivity index (χ1v) is 7.91. The number of nitrogens with one attached hydrogen (secondary N) is 1. The van der Waals surface area contributed by atoms with Crippen molar-refractivity contribution in [1.82, 2.24) is 4.98 Å². The maximum atomic E-state index is 12.9. The molecule has 1 aromatic heterocycles. The normalized spacial score (nSPS) is 16.5. The third-order valence-corrected chi connectivity index (χ3v) is 4.43. The van der Waals surface area contributed by atoms with Gasteiger partial charge in [0.25, 0.3) is 5.91 Å². The van der Waals surface area contributed by atoms with Crippen molar-refractivity contribution in [3.63, 3.8) is 0 Å². The van der Waals surface area contributed by atoms with Crippen LogP contribution in [0.5, 0.6) is 0 Å². The highest BCUT2D eigenvalue weighted by atomic mass is 16.2. The smallest absolute Gasteiger partial charge is 0.262 e. The van der Waals surface area contributed by atoms with Crippen molar-refractivity contribution in [2.45, 2.75) is 19.3 Å². The molecule has 2 aliphatic rings. The third kappa shape index (κ3) is 2.45. The molecule has 4 nitrogen and oxygen atoms in total. The van der Waals surface area contributed by atoms with Crippen LogP contribution in [-0.4, -0.2) is 24.0 Å². The molecule has 4 rings (SSSR count). The second-order valence-electron chi connectivity index (χ2n) is 6.06. The number of fused-ring (bicyclic) bond motifs is 1. The molecule has 1 aromatic carbocycles. The van der Waals surface area contributed by atoms with Crippen molar-refractivity contribution >= 4 is 17.4 Å². The molecule has 1 aliphatic heterocycles. The monoisotopic (exact) mass is 293 g/mol. The molecule has 0 unspecified atom stereocenters. The Morgan fingerprint density at radius 2 is 2.09 bits per heavy atom. The summed E-state index contributed by atoms with van der Waals surface area (Å²) in [6.45, 7) is 1.66. The molecule has 1 fully saturated rings. The van der Waals surface area contributed by atoms with E-state index in [2.05, 4.69) is 16.4 Å². The largest absolute Gasteiger partial charge is 0.369 e. The van der Waals surface area contributed by atoms with Gasteiger partial charge in [0.15, 0.2) is 0 Å². The van der Waals surface area contributed by atoms with Gasteiger partial charge in [0.2, 0.25) is 0 Å². The Morgan fingerprint density at radius 3 is 2.95 bits per heavy atom. The van der Waals surface area contributed by atoms with E-state index in [4.69, 9.17) is 0 Å². The number of pyridine rings is 1. The van der Waals surface area contributed by atoms with Crippen LogP contribution < -0.4 is 10.2 Å². The lowest BCUT2D eigenvalue weighted by atomic mass is 10.1. The van der Waals surface area contributed by atoms with Gasteiger partial charge in [0, 0.05) is 25.0 Å². The van der Waals surface area contributed by atoms with Gasteiger partial charge in [-0.25, -0.2) is 4.98 Å². The fourth-order valence-electron chi connectivity index (χ4n) is 2.98. The van der Waals surface area contributed by atoms with Crippen molar-refractivity contribution in [2.75, 3.05) is 23.3 Å². The number of amides is 1. The lowest BCUT2D eigenvalue weighted by Crippen LogP contribution is -2.30. The van der Waals surface area contributed by atoms with E-state index in [-0.39, 0.29) is 5.91 Å². The van der Waals surface area contributed by atoms with Crippen LogP contribution in [0.3, 0.4) is 0 Å². The Balaban J connectivity index is 1.60. The first kappa shape index (κ1) is 13.3. The van der Waals surface area contributed by atoms with E-state index in [0.29, 0.717) is 11.4 Å². The standard InChI is InChI=1S/C18H19N3O/c22-18(21-11-9-14-4-1-2-6-16(14)21)15-5-3-10-19-17(15)20-12-13-7-8-13/h1-6,10,13H,7-9,11-12H2,(H,19,20). The zero-order valence-corrected chi connectivity index (χ0v) is 12.5. The van der Waals surface area contributed by atoms with Crippen molar-refractivity contribution in [2.24, 2.45) is 5.92 Å². The van der Waals surface area contributed by atoms with E-state index in [0.717, 1.165) is 31.1 Å². The summed E-state index contributed by atoms with van der Waals surface area (Å²) in [5.41, 5.74) is 2.94. The molecule has 4 heteroatoms. The minimum atomic E-state index is 0.0383. The van der Waals surface area contributed by atoms with Gasteiger partial charge in [0.05, 0.1) is 5.56 Å². The van der Waals surface area contributed by atoms with Gasteiger partial charge in [0.1, 0.15) is 5.82 Å². The second-order valence-corrected chi connectivity index (χ2v) is 6.06. The number of hydrogen-bond acceptors (Lipinski definition) is 3. The van der Waals surface area contributed by atoms with Crippen LogP contribution in [0.25, 0.3) is 0 Å². The first-order valence-electron chi connectivity index (χ1n) is 7.91. The van der Waals surface area contributed by atoms with Crippen LogP contribution >= 0.6 is 0 Å². The molecule has 1 amide bonds. The molecule has 112 valence electrons. The quantitative estimate of drug-likeness (QED) is 0.942. The predicted molar refractivity (Wildman–Crippen MR) is 87.3 cm³/mol. The molecule has 0 spiro atoms. The summed E-state index contributed by atoms with van der Waals surface area (Å²) in [5, 5.41) is 3.34. The summed E-state index contributed by atoms with van der Waals surface area (Å²) in [4.78, 5) is 19.2. The molecule has 0 atom stereocenters. The maximum Gasteiger partial charge on any atom is 0.262 e. The van der Waals surface area contributed by atoms with Gasteiger partial charge in [-0.1, -0.05) is 18.2 Å². The van der Waals surface area contributed by atoms with Crippen LogP contribution in [-0.2, 0) is 6.42 Å². The average Bonchev–Trinajstić information content (AvgIpc) is 3.30. The van der Waals surface area contributed by atoms with E-state index in [1.54, 1.807) is 6.20 Å². The summed E-state index contributed by atoms with van der Waals surface area (Å²) < 4.78 is 0. The summed E-state index contributed by atoms with van der Waals surface area (Å²) in [6, 6.07) is 11.8. The minimum Gasteiger partial charge on any atom is -0.369 e. The highest BCUT2D eigenvalue weighted by molar-refractivity contribution is 6.10. The predicted octanol–water partition coefficient (Wildman–Crippen LogP) is 3.11. The Labute approximate surface area is 130 Å². The summed E-state index contributed by atoms with van der Waals surface area (Å²) in [7, 11) is 0. The van der Waals surface area contributed by atoms with Gasteiger partial charge in [-0.15, -0.1) is 0 Å². The average molecular weight is 293 g/mol. The van der Waals surface area contributed by atoms with E-state index in [1.165, 1.54) is 18.4 Å². The molecular formula is C18H19N3O. The van der Waals surface area contributed by atoms with Crippen LogP contribution in [0.15, 0.2) is 42.6 Å². The number of aromatic nitrogens is 1. The SMILES string of the molecule is O=C(c1cccnc1NCC1CC1)N1CCc2ccccc21. The van der Waals surface area contributed by atoms with Crippen molar-refractivity contribution in [3.8, 4) is 0 Å². The van der Waals surface area contributed by atoms with E-state index < -0.39 is 0 Å². The Bertz CT molecular complexity index is 709. The van der Waals surface area contributed by atoms with Crippen molar-refractivity contribution in [1.29, 1.82) is 0 Å². The van der Waals surface area contributed by atoms with Gasteiger partial charge in [-0.2, -0.15) is 0 Å². The van der Waals surface area contributed by atoms with Crippen LogP contribution in [0.2, 0.25) is 0 Å². The number of benzene rings is 1. The molecule has 1 saturated carbocycles. The van der Waals surface area contributed by atoms with Gasteiger partial charge in [-0.3, -0.25) is 4.79 Å². The van der Waals surface area contributed by atoms with Crippen molar-refractivity contribution in [3.05, 3.63) is 53.7 Å². The lowest BCUT2D eigenvalue weighted by Gasteiger charge is -2.19. The zero-order valence-electron chi connectivity index (χ0n) is 12.5. The van der Waals surface area contributed by atoms with Crippen molar-refractivity contribution < 1.29 is 4.79 Å². The highest BCUT2D eigenvalue weighted by Gasteiger charge is 2.27. The number of carbonyl (C=O) groups is 1. The molecule has 2 aromatic rings. The van der Waals surface area contributed by atoms with Gasteiger partial charge >= 0.3 is 0 Å². The Morgan fingerprint density at radius 1 is 1.23 bits per heavy atom. The fourth-order valence-corrected chi connectivity index (χ4v) is 2.98. The molecule has 0 bridgehead atoms. The third-order valence-electron chi connectivity index (χ3n) is 4.43. The van der Waals surface area contributed by atoms with Crippen LogP contribution in [0.1, 0.15) is 28.8 Å². The fraction of sp³-hybridized carbons (Fsp3) is 0.333. The van der Waals surface area contributed by atoms with Gasteiger partial charge in [-0.05, 0) is 48.9 Å². The topological polar surface area (TPSA) is 45.2 Å². The zero-order chi connectivity index (χ0) is 14.9. The van der Waals surface area contributed by atoms with Crippen LogP contribution in [0, 0.1) is 5.92 Å². The molecule has 0 radical (unpaired) electrons. The van der Waals surface area contributed by atoms with E-state index >= 15 is 0 Å². The van der Waals surface area contributed by atoms with Gasteiger partial charge < -0.3 is 10.2 Å². The number of carbonyl (C=O) groups excluding carboxylic acids is 1. The molecule has 1 N–H and O–H groups in total. The lowest BCUT2D eigenvalue weighted by molar-refractivity contribution is 0.0990. The number of para-hydroxylation sites is 1. The molecular weight excluding hydrogens is 274 g/mol. The number of rotatable bonds is 4. The summed E-state index contributed by atoms with van der Waals surface area (Å²) >= 11 is 0. The summed E-state index contributed by atoms with van der Waals surface area (Å²) in [6.07, 6.45) is 5.22. The maximum absolute atomic E-state index is 12.9. The molecule has 2 heterocycles.